The topological polar surface area (TPSA) is 83.9 Å². The summed E-state index contributed by atoms with van der Waals surface area (Å²) < 4.78 is 29.5. The Kier molecular flexibility index (Phi) is 5.55. The van der Waals surface area contributed by atoms with Crippen molar-refractivity contribution in [2.24, 2.45) is 0 Å². The Morgan fingerprint density at radius 3 is 2.68 bits per heavy atom. The van der Waals surface area contributed by atoms with E-state index in [0.717, 1.165) is 0 Å². The number of hydrogen-bond acceptors (Lipinski definition) is 6. The number of likely N-dealkylation sites (tertiary alicyclic amines) is 1. The zero-order valence-corrected chi connectivity index (χ0v) is 13.3. The SMILES string of the molecule is COC(=O)CCN1CC[C@H](O)[C@H]1CS(=O)(=O)c1ccccc1. The van der Waals surface area contributed by atoms with Crippen molar-refractivity contribution >= 4 is 15.8 Å². The number of nitrogens with zero attached hydrogens (tertiary/aromatic N) is 1. The molecule has 6 nitrogen and oxygen atoms in total. The lowest BCUT2D eigenvalue weighted by Crippen LogP contribution is -2.41. The molecule has 122 valence electrons. The second-order valence-corrected chi connectivity index (χ2v) is 7.41. The summed E-state index contributed by atoms with van der Waals surface area (Å²) in [6.07, 6.45) is -0.00234. The van der Waals surface area contributed by atoms with Crippen LogP contribution in [0.5, 0.6) is 0 Å². The quantitative estimate of drug-likeness (QED) is 0.764. The van der Waals surface area contributed by atoms with Gasteiger partial charge in [-0.25, -0.2) is 8.42 Å². The van der Waals surface area contributed by atoms with E-state index in [1.165, 1.54) is 7.11 Å². The Bertz CT molecular complexity index is 602. The van der Waals surface area contributed by atoms with Crippen LogP contribution in [-0.4, -0.2) is 62.5 Å². The summed E-state index contributed by atoms with van der Waals surface area (Å²) in [5.41, 5.74) is 0. The molecule has 1 aliphatic rings. The lowest BCUT2D eigenvalue weighted by molar-refractivity contribution is -0.141. The van der Waals surface area contributed by atoms with Gasteiger partial charge in [0.25, 0.3) is 0 Å². The zero-order valence-electron chi connectivity index (χ0n) is 12.5. The molecule has 0 saturated carbocycles. The third-order valence-electron chi connectivity index (χ3n) is 3.95. The summed E-state index contributed by atoms with van der Waals surface area (Å²) in [6.45, 7) is 0.964. The van der Waals surface area contributed by atoms with E-state index in [9.17, 15) is 18.3 Å². The number of aliphatic hydroxyl groups is 1. The zero-order chi connectivity index (χ0) is 16.2. The molecule has 1 aliphatic heterocycles. The minimum atomic E-state index is -3.47. The Hall–Kier alpha value is -1.44. The van der Waals surface area contributed by atoms with Crippen LogP contribution in [0.2, 0.25) is 0 Å². The first kappa shape index (κ1) is 16.9. The molecule has 0 spiro atoms. The van der Waals surface area contributed by atoms with Crippen molar-refractivity contribution in [1.29, 1.82) is 0 Å². The summed E-state index contributed by atoms with van der Waals surface area (Å²) in [4.78, 5) is 13.3. The van der Waals surface area contributed by atoms with Crippen molar-refractivity contribution in [2.45, 2.75) is 29.9 Å². The Labute approximate surface area is 130 Å². The first-order valence-electron chi connectivity index (χ1n) is 7.21. The molecule has 0 bridgehead atoms. The molecule has 0 amide bonds. The van der Waals surface area contributed by atoms with Crippen LogP contribution in [0.3, 0.4) is 0 Å². The third-order valence-corrected chi connectivity index (χ3v) is 5.72. The number of methoxy groups -OCH3 is 1. The largest absolute Gasteiger partial charge is 0.469 e. The molecular formula is C15H21NO5S. The molecule has 0 radical (unpaired) electrons. The highest BCUT2D eigenvalue weighted by Crippen LogP contribution is 2.22. The van der Waals surface area contributed by atoms with Crippen molar-refractivity contribution in [1.82, 2.24) is 4.90 Å². The van der Waals surface area contributed by atoms with Crippen LogP contribution in [0.4, 0.5) is 0 Å². The van der Waals surface area contributed by atoms with Gasteiger partial charge in [0.1, 0.15) is 0 Å². The van der Waals surface area contributed by atoms with Gasteiger partial charge in [-0.15, -0.1) is 0 Å². The number of benzene rings is 1. The maximum Gasteiger partial charge on any atom is 0.306 e. The standard InChI is InChI=1S/C15H21NO5S/c1-21-15(18)8-10-16-9-7-14(17)13(16)11-22(19,20)12-5-3-2-4-6-12/h2-6,13-14,17H,7-11H2,1H3/t13-,14+/m1/s1. The van der Waals surface area contributed by atoms with Crippen LogP contribution in [0.15, 0.2) is 35.2 Å². The second kappa shape index (κ2) is 7.21. The van der Waals surface area contributed by atoms with Gasteiger partial charge in [-0.05, 0) is 18.6 Å². The normalized spacial score (nSPS) is 22.6. The molecular weight excluding hydrogens is 306 g/mol. The Morgan fingerprint density at radius 2 is 2.05 bits per heavy atom. The maximum atomic E-state index is 12.4. The molecule has 1 aromatic carbocycles. The molecule has 1 saturated heterocycles. The van der Waals surface area contributed by atoms with Crippen LogP contribution in [-0.2, 0) is 19.4 Å². The van der Waals surface area contributed by atoms with Gasteiger partial charge in [0.15, 0.2) is 9.84 Å². The summed E-state index contributed by atoms with van der Waals surface area (Å²) in [6, 6.07) is 7.71. The third kappa shape index (κ3) is 4.06. The number of sulfone groups is 1. The van der Waals surface area contributed by atoms with Crippen molar-refractivity contribution in [3.05, 3.63) is 30.3 Å². The molecule has 1 aromatic rings. The van der Waals surface area contributed by atoms with Crippen molar-refractivity contribution in [3.8, 4) is 0 Å². The fourth-order valence-electron chi connectivity index (χ4n) is 2.68. The van der Waals surface area contributed by atoms with Crippen LogP contribution in [0, 0.1) is 0 Å². The van der Waals surface area contributed by atoms with Gasteiger partial charge >= 0.3 is 5.97 Å². The highest BCUT2D eigenvalue weighted by Gasteiger charge is 2.36. The van der Waals surface area contributed by atoms with E-state index in [-0.39, 0.29) is 23.0 Å². The fourth-order valence-corrected chi connectivity index (χ4v) is 4.33. The molecule has 2 atom stereocenters. The second-order valence-electron chi connectivity index (χ2n) is 5.38. The van der Waals surface area contributed by atoms with Crippen LogP contribution in [0.1, 0.15) is 12.8 Å². The van der Waals surface area contributed by atoms with E-state index in [1.807, 2.05) is 4.90 Å². The van der Waals surface area contributed by atoms with Crippen LogP contribution in [0.25, 0.3) is 0 Å². The predicted octanol–water partition coefficient (Wildman–Crippen LogP) is 0.459. The van der Waals surface area contributed by atoms with E-state index in [2.05, 4.69) is 4.74 Å². The molecule has 0 unspecified atom stereocenters. The molecule has 7 heteroatoms. The average molecular weight is 327 g/mol. The van der Waals surface area contributed by atoms with Gasteiger partial charge in [-0.2, -0.15) is 0 Å². The molecule has 0 aromatic heterocycles. The highest BCUT2D eigenvalue weighted by molar-refractivity contribution is 7.91. The average Bonchev–Trinajstić information content (AvgIpc) is 2.86. The Morgan fingerprint density at radius 1 is 1.36 bits per heavy atom. The van der Waals surface area contributed by atoms with Crippen LogP contribution >= 0.6 is 0 Å². The Balaban J connectivity index is 2.07. The van der Waals surface area contributed by atoms with Gasteiger partial charge in [0.2, 0.25) is 0 Å². The number of hydrogen-bond donors (Lipinski definition) is 1. The smallest absolute Gasteiger partial charge is 0.306 e. The van der Waals surface area contributed by atoms with E-state index >= 15 is 0 Å². The number of carbonyl (C=O) groups is 1. The van der Waals surface area contributed by atoms with Crippen molar-refractivity contribution < 1.29 is 23.1 Å². The summed E-state index contributed by atoms with van der Waals surface area (Å²) >= 11 is 0. The summed E-state index contributed by atoms with van der Waals surface area (Å²) in [5, 5.41) is 10.1. The number of rotatable bonds is 6. The summed E-state index contributed by atoms with van der Waals surface area (Å²) in [7, 11) is -2.15. The lowest BCUT2D eigenvalue weighted by atomic mass is 10.2. The van der Waals surface area contributed by atoms with E-state index in [0.29, 0.717) is 19.5 Å². The molecule has 2 rings (SSSR count). The van der Waals surface area contributed by atoms with Crippen molar-refractivity contribution in [3.63, 3.8) is 0 Å². The maximum absolute atomic E-state index is 12.4. The molecule has 0 aliphatic carbocycles. The van der Waals surface area contributed by atoms with E-state index < -0.39 is 22.0 Å². The van der Waals surface area contributed by atoms with Crippen LogP contribution < -0.4 is 0 Å². The minimum absolute atomic E-state index is 0.153. The van der Waals surface area contributed by atoms with Gasteiger partial charge in [0.05, 0.1) is 30.3 Å². The predicted molar refractivity (Wildman–Crippen MR) is 81.1 cm³/mol. The van der Waals surface area contributed by atoms with Gasteiger partial charge in [0, 0.05) is 19.1 Å². The number of aliphatic hydroxyl groups excluding tert-OH is 1. The molecule has 1 heterocycles. The molecule has 22 heavy (non-hydrogen) atoms. The van der Waals surface area contributed by atoms with E-state index in [4.69, 9.17) is 0 Å². The fraction of sp³-hybridized carbons (Fsp3) is 0.533. The molecule has 1 fully saturated rings. The number of ether oxygens (including phenoxy) is 1. The highest BCUT2D eigenvalue weighted by atomic mass is 32.2. The first-order chi connectivity index (χ1) is 10.4. The van der Waals surface area contributed by atoms with Gasteiger partial charge < -0.3 is 9.84 Å². The molecule has 1 N–H and O–H groups in total. The number of carbonyl (C=O) groups excluding carboxylic acids is 1. The minimum Gasteiger partial charge on any atom is -0.469 e. The monoisotopic (exact) mass is 327 g/mol. The lowest BCUT2D eigenvalue weighted by Gasteiger charge is -2.25. The van der Waals surface area contributed by atoms with E-state index in [1.54, 1.807) is 30.3 Å². The summed E-state index contributed by atoms with van der Waals surface area (Å²) in [5.74, 6) is -0.495. The number of esters is 1. The van der Waals surface area contributed by atoms with Crippen molar-refractivity contribution in [2.75, 3.05) is 26.0 Å². The van der Waals surface area contributed by atoms with Gasteiger partial charge in [-0.3, -0.25) is 9.69 Å². The van der Waals surface area contributed by atoms with Gasteiger partial charge in [-0.1, -0.05) is 18.2 Å². The first-order valence-corrected chi connectivity index (χ1v) is 8.86.